The Morgan fingerprint density at radius 3 is 2.14 bits per heavy atom. The van der Waals surface area contributed by atoms with Gasteiger partial charge in [-0.05, 0) is 72.7 Å². The number of furan rings is 1. The van der Waals surface area contributed by atoms with Gasteiger partial charge in [-0.3, -0.25) is 9.59 Å². The molecule has 1 aromatic carbocycles. The van der Waals surface area contributed by atoms with Gasteiger partial charge in [0.25, 0.3) is 5.91 Å². The Morgan fingerprint density at radius 2 is 1.61 bits per heavy atom. The molecule has 0 fully saturated rings. The van der Waals surface area contributed by atoms with Crippen molar-refractivity contribution in [2.24, 2.45) is 0 Å². The van der Waals surface area contributed by atoms with Crippen molar-refractivity contribution in [1.29, 1.82) is 0 Å². The Kier molecular flexibility index (Phi) is 8.90. The van der Waals surface area contributed by atoms with Crippen LogP contribution in [0.25, 0.3) is 11.3 Å². The van der Waals surface area contributed by atoms with Gasteiger partial charge in [-0.25, -0.2) is 9.59 Å². The average Bonchev–Trinajstić information content (AvgIpc) is 3.21. The number of hydrogen-bond acceptors (Lipinski definition) is 8. The highest BCUT2D eigenvalue weighted by Crippen LogP contribution is 2.29. The Labute approximate surface area is 209 Å². The monoisotopic (exact) mass is 503 g/mol. The fraction of sp³-hybridized carbons (Fsp3) is 0.462. The van der Waals surface area contributed by atoms with Crippen molar-refractivity contribution in [3.8, 4) is 17.1 Å². The fourth-order valence-corrected chi connectivity index (χ4v) is 3.10. The van der Waals surface area contributed by atoms with E-state index in [1.165, 1.54) is 24.3 Å². The number of rotatable bonds is 9. The smallest absolute Gasteiger partial charge is 0.371 e. The summed E-state index contributed by atoms with van der Waals surface area (Å²) in [6.45, 7) is 12.1. The zero-order valence-electron chi connectivity index (χ0n) is 21.6. The van der Waals surface area contributed by atoms with E-state index in [0.717, 1.165) is 0 Å². The van der Waals surface area contributed by atoms with Gasteiger partial charge in [-0.2, -0.15) is 0 Å². The molecule has 1 unspecified atom stereocenters. The lowest BCUT2D eigenvalue weighted by Crippen LogP contribution is -2.46. The molecular weight excluding hydrogens is 470 g/mol. The topological polar surface area (TPSA) is 141 Å². The molecule has 0 saturated heterocycles. The Balaban J connectivity index is 2.34. The molecule has 1 amide bonds. The van der Waals surface area contributed by atoms with Crippen molar-refractivity contribution >= 4 is 23.8 Å². The standard InChI is InChI=1S/C26H33NO9/c1-8-33-20-13-15(18-11-12-19(34-18)23(30)31)9-10-16(20)22(29)27-17(24(32)36-26(5,6)7)14-21(28)35-25(2,3)4/h9-13,17H,8,14H2,1-7H3,(H,27,29)(H,30,31). The summed E-state index contributed by atoms with van der Waals surface area (Å²) in [5.41, 5.74) is -1.03. The van der Waals surface area contributed by atoms with Crippen LogP contribution in [0.2, 0.25) is 0 Å². The van der Waals surface area contributed by atoms with Crippen molar-refractivity contribution in [1.82, 2.24) is 5.32 Å². The van der Waals surface area contributed by atoms with Gasteiger partial charge in [-0.1, -0.05) is 6.07 Å². The van der Waals surface area contributed by atoms with Crippen molar-refractivity contribution in [2.75, 3.05) is 6.61 Å². The van der Waals surface area contributed by atoms with Gasteiger partial charge in [0.05, 0.1) is 18.6 Å². The zero-order valence-corrected chi connectivity index (χ0v) is 21.6. The van der Waals surface area contributed by atoms with Crippen LogP contribution in [0.5, 0.6) is 5.75 Å². The third kappa shape index (κ3) is 8.44. The van der Waals surface area contributed by atoms with Crippen LogP contribution in [0.1, 0.15) is 75.8 Å². The third-order valence-electron chi connectivity index (χ3n) is 4.41. The summed E-state index contributed by atoms with van der Waals surface area (Å²) in [7, 11) is 0. The Hall–Kier alpha value is -3.82. The molecule has 0 spiro atoms. The minimum absolute atomic E-state index is 0.100. The molecule has 0 aliphatic heterocycles. The Bertz CT molecular complexity index is 1120. The first-order valence-electron chi connectivity index (χ1n) is 11.5. The predicted molar refractivity (Wildman–Crippen MR) is 130 cm³/mol. The van der Waals surface area contributed by atoms with Gasteiger partial charge in [0.1, 0.15) is 28.8 Å². The summed E-state index contributed by atoms with van der Waals surface area (Å²) in [4.78, 5) is 49.5. The van der Waals surface area contributed by atoms with Gasteiger partial charge in [-0.15, -0.1) is 0 Å². The minimum atomic E-state index is -1.30. The summed E-state index contributed by atoms with van der Waals surface area (Å²) < 4.78 is 21.6. The van der Waals surface area contributed by atoms with Crippen LogP contribution < -0.4 is 10.1 Å². The molecule has 1 atom stereocenters. The first kappa shape index (κ1) is 28.4. The van der Waals surface area contributed by atoms with Crippen LogP contribution in [-0.4, -0.2) is 52.8 Å². The molecule has 0 bridgehead atoms. The number of carboxylic acids is 1. The van der Waals surface area contributed by atoms with Crippen LogP contribution >= 0.6 is 0 Å². The van der Waals surface area contributed by atoms with E-state index in [2.05, 4.69) is 5.32 Å². The van der Waals surface area contributed by atoms with E-state index in [-0.39, 0.29) is 29.4 Å². The lowest BCUT2D eigenvalue weighted by atomic mass is 10.1. The van der Waals surface area contributed by atoms with E-state index in [1.54, 1.807) is 54.5 Å². The number of aromatic carboxylic acids is 1. The SMILES string of the molecule is CCOc1cc(-c2ccc(C(=O)O)o2)ccc1C(=O)NC(CC(=O)OC(C)(C)C)C(=O)OC(C)(C)C. The van der Waals surface area contributed by atoms with Crippen molar-refractivity contribution in [3.05, 3.63) is 41.7 Å². The van der Waals surface area contributed by atoms with Gasteiger partial charge in [0.2, 0.25) is 5.76 Å². The van der Waals surface area contributed by atoms with Gasteiger partial charge < -0.3 is 29.1 Å². The summed E-state index contributed by atoms with van der Waals surface area (Å²) in [6, 6.07) is 6.05. The number of carbonyl (C=O) groups is 4. The maximum absolute atomic E-state index is 13.2. The van der Waals surface area contributed by atoms with Gasteiger partial charge in [0.15, 0.2) is 0 Å². The average molecular weight is 504 g/mol. The maximum atomic E-state index is 13.2. The highest BCUT2D eigenvalue weighted by molar-refractivity contribution is 6.00. The summed E-state index contributed by atoms with van der Waals surface area (Å²) in [5, 5.41) is 11.6. The van der Waals surface area contributed by atoms with E-state index in [4.69, 9.17) is 23.7 Å². The molecule has 1 heterocycles. The molecule has 1 aromatic heterocycles. The molecule has 2 aromatic rings. The van der Waals surface area contributed by atoms with Gasteiger partial charge in [0, 0.05) is 5.56 Å². The minimum Gasteiger partial charge on any atom is -0.493 e. The van der Waals surface area contributed by atoms with Crippen LogP contribution in [-0.2, 0) is 19.1 Å². The molecule has 10 heteroatoms. The molecule has 0 saturated carbocycles. The number of carbonyl (C=O) groups excluding carboxylic acids is 3. The number of ether oxygens (including phenoxy) is 3. The number of nitrogens with one attached hydrogen (secondary N) is 1. The number of amides is 1. The molecule has 0 aliphatic carbocycles. The highest BCUT2D eigenvalue weighted by Gasteiger charge is 2.31. The second-order valence-corrected chi connectivity index (χ2v) is 9.96. The second-order valence-electron chi connectivity index (χ2n) is 9.96. The first-order valence-corrected chi connectivity index (χ1v) is 11.5. The fourth-order valence-electron chi connectivity index (χ4n) is 3.10. The molecule has 196 valence electrons. The summed E-state index contributed by atoms with van der Waals surface area (Å²) in [5.74, 6) is -3.11. The molecule has 2 rings (SSSR count). The number of benzene rings is 1. The molecular formula is C26H33NO9. The van der Waals surface area contributed by atoms with E-state index in [0.29, 0.717) is 5.56 Å². The summed E-state index contributed by atoms with van der Waals surface area (Å²) in [6.07, 6.45) is -0.426. The lowest BCUT2D eigenvalue weighted by Gasteiger charge is -2.26. The molecule has 0 aliphatic rings. The van der Waals surface area contributed by atoms with Crippen LogP contribution in [0.3, 0.4) is 0 Å². The number of carboxylic acid groups (broad SMARTS) is 1. The Morgan fingerprint density at radius 1 is 0.972 bits per heavy atom. The van der Waals surface area contributed by atoms with E-state index in [9.17, 15) is 19.2 Å². The van der Waals surface area contributed by atoms with Crippen molar-refractivity contribution in [2.45, 2.75) is 72.1 Å². The maximum Gasteiger partial charge on any atom is 0.371 e. The van der Waals surface area contributed by atoms with Crippen molar-refractivity contribution < 1.29 is 42.9 Å². The first-order chi connectivity index (χ1) is 16.6. The molecule has 2 N–H and O–H groups in total. The third-order valence-corrected chi connectivity index (χ3v) is 4.41. The predicted octanol–water partition coefficient (Wildman–Crippen LogP) is 4.22. The quantitative estimate of drug-likeness (QED) is 0.481. The molecule has 0 radical (unpaired) electrons. The number of hydrogen-bond donors (Lipinski definition) is 2. The molecule has 36 heavy (non-hydrogen) atoms. The van der Waals surface area contributed by atoms with E-state index in [1.807, 2.05) is 0 Å². The van der Waals surface area contributed by atoms with Crippen LogP contribution in [0.4, 0.5) is 0 Å². The van der Waals surface area contributed by atoms with Gasteiger partial charge >= 0.3 is 17.9 Å². The lowest BCUT2D eigenvalue weighted by molar-refractivity contribution is -0.164. The molecule has 10 nitrogen and oxygen atoms in total. The normalized spacial score (nSPS) is 12.4. The summed E-state index contributed by atoms with van der Waals surface area (Å²) >= 11 is 0. The second kappa shape index (κ2) is 11.3. The van der Waals surface area contributed by atoms with E-state index < -0.39 is 47.5 Å². The van der Waals surface area contributed by atoms with Crippen LogP contribution in [0.15, 0.2) is 34.7 Å². The largest absolute Gasteiger partial charge is 0.493 e. The zero-order chi connectivity index (χ0) is 27.3. The number of esters is 2. The van der Waals surface area contributed by atoms with Crippen molar-refractivity contribution in [3.63, 3.8) is 0 Å². The van der Waals surface area contributed by atoms with E-state index >= 15 is 0 Å². The van der Waals surface area contributed by atoms with Crippen LogP contribution in [0, 0.1) is 0 Å². The highest BCUT2D eigenvalue weighted by atomic mass is 16.6.